The molecule has 0 radical (unpaired) electrons. The van der Waals surface area contributed by atoms with Gasteiger partial charge in [-0.3, -0.25) is 0 Å². The van der Waals surface area contributed by atoms with E-state index in [-0.39, 0.29) is 0 Å². The summed E-state index contributed by atoms with van der Waals surface area (Å²) >= 11 is 0. The molecule has 1 saturated heterocycles. The lowest BCUT2D eigenvalue weighted by Gasteiger charge is -2.22. The zero-order valence-corrected chi connectivity index (χ0v) is 10.5. The smallest absolute Gasteiger partial charge is 0.128 e. The maximum atomic E-state index is 9.54. The van der Waals surface area contributed by atoms with Crippen molar-refractivity contribution in [2.75, 3.05) is 25.1 Å². The minimum atomic E-state index is -0.451. The Kier molecular flexibility index (Phi) is 3.97. The molecule has 0 bridgehead atoms. The van der Waals surface area contributed by atoms with E-state index in [2.05, 4.69) is 9.88 Å². The van der Waals surface area contributed by atoms with E-state index in [0.717, 1.165) is 37.4 Å². The highest BCUT2D eigenvalue weighted by Gasteiger charge is 2.18. The number of aliphatic hydroxyl groups is 1. The van der Waals surface area contributed by atoms with Crippen molar-refractivity contribution in [3.8, 4) is 0 Å². The molecular weight excluding hydrogens is 216 g/mol. The number of hydrogen-bond acceptors (Lipinski definition) is 4. The highest BCUT2D eigenvalue weighted by Crippen LogP contribution is 2.19. The summed E-state index contributed by atoms with van der Waals surface area (Å²) in [5, 5.41) is 9.54. The van der Waals surface area contributed by atoms with Gasteiger partial charge < -0.3 is 14.7 Å². The third kappa shape index (κ3) is 3.17. The summed E-state index contributed by atoms with van der Waals surface area (Å²) in [4.78, 5) is 6.41. The maximum Gasteiger partial charge on any atom is 0.128 e. The Labute approximate surface area is 102 Å². The molecule has 1 aromatic rings. The molecule has 0 aliphatic carbocycles. The largest absolute Gasteiger partial charge is 0.389 e. The molecule has 4 nitrogen and oxygen atoms in total. The van der Waals surface area contributed by atoms with Gasteiger partial charge in [0.05, 0.1) is 12.2 Å². The van der Waals surface area contributed by atoms with Crippen molar-refractivity contribution in [3.05, 3.63) is 23.9 Å². The molecule has 2 heterocycles. The van der Waals surface area contributed by atoms with Gasteiger partial charge >= 0.3 is 0 Å². The molecule has 4 heteroatoms. The first-order valence-electron chi connectivity index (χ1n) is 6.13. The molecule has 2 unspecified atom stereocenters. The second-order valence-corrected chi connectivity index (χ2v) is 4.64. The standard InChI is InChI=1S/C13H20N2O2/c1-10(16)11-5-6-14-13(8-11)15(2)9-12-4-3-7-17-12/h5-6,8,10,12,16H,3-4,7,9H2,1-2H3. The van der Waals surface area contributed by atoms with Gasteiger partial charge in [0.25, 0.3) is 0 Å². The average molecular weight is 236 g/mol. The van der Waals surface area contributed by atoms with Crippen LogP contribution in [0, 0.1) is 0 Å². The van der Waals surface area contributed by atoms with Crippen LogP contribution in [0.3, 0.4) is 0 Å². The van der Waals surface area contributed by atoms with Crippen molar-refractivity contribution >= 4 is 5.82 Å². The first-order chi connectivity index (χ1) is 8.16. The lowest BCUT2D eigenvalue weighted by molar-refractivity contribution is 0.116. The second-order valence-electron chi connectivity index (χ2n) is 4.64. The molecule has 0 spiro atoms. The molecule has 94 valence electrons. The number of likely N-dealkylation sites (N-methyl/N-ethyl adjacent to an activating group) is 1. The Morgan fingerprint density at radius 1 is 1.65 bits per heavy atom. The van der Waals surface area contributed by atoms with E-state index in [1.165, 1.54) is 0 Å². The second kappa shape index (κ2) is 5.47. The highest BCUT2D eigenvalue weighted by atomic mass is 16.5. The quantitative estimate of drug-likeness (QED) is 0.865. The lowest BCUT2D eigenvalue weighted by atomic mass is 10.1. The van der Waals surface area contributed by atoms with Crippen molar-refractivity contribution in [2.24, 2.45) is 0 Å². The first kappa shape index (κ1) is 12.3. The Balaban J connectivity index is 2.02. The Morgan fingerprint density at radius 3 is 3.12 bits per heavy atom. The fourth-order valence-electron chi connectivity index (χ4n) is 2.09. The van der Waals surface area contributed by atoms with Crippen LogP contribution in [0.1, 0.15) is 31.4 Å². The van der Waals surface area contributed by atoms with Crippen LogP contribution < -0.4 is 4.90 Å². The number of hydrogen-bond donors (Lipinski definition) is 1. The van der Waals surface area contributed by atoms with Gasteiger partial charge in [0.1, 0.15) is 5.82 Å². The van der Waals surface area contributed by atoms with Crippen LogP contribution in [0.25, 0.3) is 0 Å². The number of pyridine rings is 1. The zero-order chi connectivity index (χ0) is 12.3. The number of anilines is 1. The summed E-state index contributed by atoms with van der Waals surface area (Å²) in [6.45, 7) is 3.50. The summed E-state index contributed by atoms with van der Waals surface area (Å²) in [5.41, 5.74) is 0.897. The van der Waals surface area contributed by atoms with E-state index >= 15 is 0 Å². The molecular formula is C13H20N2O2. The van der Waals surface area contributed by atoms with Crippen LogP contribution >= 0.6 is 0 Å². The normalized spacial score (nSPS) is 21.5. The highest BCUT2D eigenvalue weighted by molar-refractivity contribution is 5.40. The molecule has 1 N–H and O–H groups in total. The Hall–Kier alpha value is -1.13. The van der Waals surface area contributed by atoms with Crippen LogP contribution in [0.15, 0.2) is 18.3 Å². The number of aliphatic hydroxyl groups excluding tert-OH is 1. The van der Waals surface area contributed by atoms with Crippen LogP contribution in [0.4, 0.5) is 5.82 Å². The van der Waals surface area contributed by atoms with Gasteiger partial charge in [-0.05, 0) is 37.5 Å². The summed E-state index contributed by atoms with van der Waals surface area (Å²) < 4.78 is 5.60. The first-order valence-corrected chi connectivity index (χ1v) is 6.13. The molecule has 2 rings (SSSR count). The van der Waals surface area contributed by atoms with E-state index in [9.17, 15) is 5.11 Å². The van der Waals surface area contributed by atoms with Crippen molar-refractivity contribution in [3.63, 3.8) is 0 Å². The van der Waals surface area contributed by atoms with Crippen LogP contribution in [-0.4, -0.2) is 36.4 Å². The minimum absolute atomic E-state index is 0.317. The van der Waals surface area contributed by atoms with E-state index in [1.807, 2.05) is 19.2 Å². The molecule has 0 aromatic carbocycles. The maximum absolute atomic E-state index is 9.54. The molecule has 1 fully saturated rings. The predicted octanol–water partition coefficient (Wildman–Crippen LogP) is 1.75. The molecule has 1 aliphatic heterocycles. The van der Waals surface area contributed by atoms with Crippen LogP contribution in [0.5, 0.6) is 0 Å². The van der Waals surface area contributed by atoms with Gasteiger partial charge in [0.2, 0.25) is 0 Å². The van der Waals surface area contributed by atoms with Crippen molar-refractivity contribution in [2.45, 2.75) is 32.0 Å². The zero-order valence-electron chi connectivity index (χ0n) is 10.5. The summed E-state index contributed by atoms with van der Waals surface area (Å²) in [6.07, 6.45) is 3.88. The third-order valence-electron chi connectivity index (χ3n) is 3.14. The Morgan fingerprint density at radius 2 is 2.47 bits per heavy atom. The molecule has 0 amide bonds. The number of aromatic nitrogens is 1. The van der Waals surface area contributed by atoms with Crippen molar-refractivity contribution in [1.29, 1.82) is 0 Å². The summed E-state index contributed by atoms with van der Waals surface area (Å²) in [5.74, 6) is 0.888. The predicted molar refractivity (Wildman–Crippen MR) is 67.1 cm³/mol. The van der Waals surface area contributed by atoms with E-state index in [1.54, 1.807) is 13.1 Å². The van der Waals surface area contributed by atoms with Crippen molar-refractivity contribution in [1.82, 2.24) is 4.98 Å². The average Bonchev–Trinajstić information content (AvgIpc) is 2.82. The molecule has 1 aliphatic rings. The molecule has 17 heavy (non-hydrogen) atoms. The number of ether oxygens (including phenoxy) is 1. The van der Waals surface area contributed by atoms with Crippen LogP contribution in [-0.2, 0) is 4.74 Å². The van der Waals surface area contributed by atoms with E-state index < -0.39 is 6.10 Å². The summed E-state index contributed by atoms with van der Waals surface area (Å²) in [7, 11) is 2.01. The summed E-state index contributed by atoms with van der Waals surface area (Å²) in [6, 6.07) is 3.77. The van der Waals surface area contributed by atoms with Gasteiger partial charge in [0.15, 0.2) is 0 Å². The van der Waals surface area contributed by atoms with Gasteiger partial charge in [-0.1, -0.05) is 0 Å². The fourth-order valence-corrected chi connectivity index (χ4v) is 2.09. The monoisotopic (exact) mass is 236 g/mol. The number of nitrogens with zero attached hydrogens (tertiary/aromatic N) is 2. The molecule has 0 saturated carbocycles. The minimum Gasteiger partial charge on any atom is -0.389 e. The lowest BCUT2D eigenvalue weighted by Crippen LogP contribution is -2.29. The topological polar surface area (TPSA) is 45.6 Å². The molecule has 1 aromatic heterocycles. The van der Waals surface area contributed by atoms with Crippen LogP contribution in [0.2, 0.25) is 0 Å². The van der Waals surface area contributed by atoms with Crippen molar-refractivity contribution < 1.29 is 9.84 Å². The number of rotatable bonds is 4. The van der Waals surface area contributed by atoms with Gasteiger partial charge in [-0.25, -0.2) is 4.98 Å². The SMILES string of the molecule is CC(O)c1ccnc(N(C)CC2CCCO2)c1. The molecule has 2 atom stereocenters. The van der Waals surface area contributed by atoms with Gasteiger partial charge in [-0.15, -0.1) is 0 Å². The Bertz CT molecular complexity index is 362. The van der Waals surface area contributed by atoms with E-state index in [0.29, 0.717) is 6.10 Å². The fraction of sp³-hybridized carbons (Fsp3) is 0.615. The van der Waals surface area contributed by atoms with Gasteiger partial charge in [0, 0.05) is 26.4 Å². The van der Waals surface area contributed by atoms with E-state index in [4.69, 9.17) is 4.74 Å². The third-order valence-corrected chi connectivity index (χ3v) is 3.14. The van der Waals surface area contributed by atoms with Gasteiger partial charge in [-0.2, -0.15) is 0 Å².